The van der Waals surface area contributed by atoms with Crippen molar-refractivity contribution in [3.63, 3.8) is 0 Å². The van der Waals surface area contributed by atoms with Crippen molar-refractivity contribution in [2.24, 2.45) is 0 Å². The van der Waals surface area contributed by atoms with Crippen LogP contribution in [0.3, 0.4) is 0 Å². The van der Waals surface area contributed by atoms with Gasteiger partial charge in [0.2, 0.25) is 0 Å². The average molecular weight is 399 g/mol. The van der Waals surface area contributed by atoms with E-state index in [1.165, 1.54) is 18.2 Å². The van der Waals surface area contributed by atoms with E-state index in [-0.39, 0.29) is 11.3 Å². The van der Waals surface area contributed by atoms with Crippen molar-refractivity contribution >= 4 is 5.69 Å². The number of halogens is 4. The van der Waals surface area contributed by atoms with Crippen molar-refractivity contribution in [1.82, 2.24) is 10.2 Å². The van der Waals surface area contributed by atoms with Crippen LogP contribution >= 0.6 is 0 Å². The molecule has 0 aliphatic carbocycles. The summed E-state index contributed by atoms with van der Waals surface area (Å²) < 4.78 is 55.6. The molecule has 1 atom stereocenters. The zero-order valence-electron chi connectivity index (χ0n) is 14.6. The van der Waals surface area contributed by atoms with Crippen molar-refractivity contribution in [2.45, 2.75) is 12.4 Å². The first-order valence-electron chi connectivity index (χ1n) is 8.49. The summed E-state index contributed by atoms with van der Waals surface area (Å²) in [6.07, 6.45) is -4.81. The summed E-state index contributed by atoms with van der Waals surface area (Å²) in [5.74, 6) is -1.01. The van der Waals surface area contributed by atoms with Gasteiger partial charge in [-0.3, -0.25) is 15.0 Å². The van der Waals surface area contributed by atoms with E-state index < -0.39 is 28.9 Å². The first-order valence-corrected chi connectivity index (χ1v) is 8.49. The molecule has 1 aliphatic heterocycles. The Morgan fingerprint density at radius 2 is 1.75 bits per heavy atom. The highest BCUT2D eigenvalue weighted by Crippen LogP contribution is 2.34. The van der Waals surface area contributed by atoms with Gasteiger partial charge in [0, 0.05) is 43.9 Å². The molecule has 6 nitrogen and oxygen atoms in total. The molecule has 1 N–H and O–H groups in total. The van der Waals surface area contributed by atoms with Gasteiger partial charge in [0.25, 0.3) is 5.69 Å². The van der Waals surface area contributed by atoms with Crippen LogP contribution in [-0.2, 0) is 0 Å². The molecule has 2 aromatic carbocycles. The van der Waals surface area contributed by atoms with E-state index in [1.807, 2.05) is 4.90 Å². The minimum atomic E-state index is -4.81. The zero-order chi connectivity index (χ0) is 20.3. The first-order chi connectivity index (χ1) is 13.2. The Morgan fingerprint density at radius 3 is 2.32 bits per heavy atom. The van der Waals surface area contributed by atoms with Crippen molar-refractivity contribution < 1.29 is 27.2 Å². The number of piperazine rings is 1. The number of nitrogens with zero attached hydrogens (tertiary/aromatic N) is 2. The lowest BCUT2D eigenvalue weighted by molar-refractivity contribution is -0.385. The second-order valence-electron chi connectivity index (χ2n) is 6.27. The van der Waals surface area contributed by atoms with E-state index in [0.29, 0.717) is 31.7 Å². The second kappa shape index (κ2) is 8.11. The molecule has 2 aromatic rings. The first kappa shape index (κ1) is 20.0. The minimum absolute atomic E-state index is 0.0978. The molecule has 150 valence electrons. The Kier molecular flexibility index (Phi) is 5.80. The Morgan fingerprint density at radius 1 is 1.11 bits per heavy atom. The molecule has 1 fully saturated rings. The van der Waals surface area contributed by atoms with Gasteiger partial charge in [-0.05, 0) is 23.8 Å². The number of rotatable bonds is 5. The molecule has 0 spiro atoms. The number of nitrogens with one attached hydrogen (secondary N) is 1. The third-order valence-corrected chi connectivity index (χ3v) is 4.43. The van der Waals surface area contributed by atoms with Gasteiger partial charge in [-0.15, -0.1) is 13.2 Å². The van der Waals surface area contributed by atoms with Gasteiger partial charge in [0.1, 0.15) is 11.6 Å². The monoisotopic (exact) mass is 399 g/mol. The fraction of sp³-hybridized carbons (Fsp3) is 0.333. The highest BCUT2D eigenvalue weighted by Gasteiger charge is 2.32. The highest BCUT2D eigenvalue weighted by atomic mass is 19.4. The molecule has 1 saturated heterocycles. The predicted molar refractivity (Wildman–Crippen MR) is 92.5 cm³/mol. The van der Waals surface area contributed by atoms with Crippen LogP contribution in [0.4, 0.5) is 23.2 Å². The van der Waals surface area contributed by atoms with Crippen molar-refractivity contribution in [1.29, 1.82) is 0 Å². The van der Waals surface area contributed by atoms with Crippen LogP contribution < -0.4 is 10.1 Å². The summed E-state index contributed by atoms with van der Waals surface area (Å²) in [5.41, 5.74) is 0.352. The smallest absolute Gasteiger partial charge is 0.406 e. The number of nitro benzene ring substituents is 1. The van der Waals surface area contributed by atoms with E-state index in [1.54, 1.807) is 0 Å². The largest absolute Gasteiger partial charge is 0.573 e. The summed E-state index contributed by atoms with van der Waals surface area (Å²) in [4.78, 5) is 12.4. The van der Waals surface area contributed by atoms with Crippen molar-refractivity contribution in [3.05, 3.63) is 69.5 Å². The summed E-state index contributed by atoms with van der Waals surface area (Å²) in [5, 5.41) is 14.3. The number of ether oxygens (including phenoxy) is 1. The van der Waals surface area contributed by atoms with E-state index >= 15 is 0 Å². The summed E-state index contributed by atoms with van der Waals surface area (Å²) in [6.45, 7) is 2.38. The third kappa shape index (κ3) is 4.76. The minimum Gasteiger partial charge on any atom is -0.406 e. The predicted octanol–water partition coefficient (Wildman–Crippen LogP) is 3.63. The van der Waals surface area contributed by atoms with Gasteiger partial charge in [-0.2, -0.15) is 0 Å². The quantitative estimate of drug-likeness (QED) is 0.473. The molecule has 3 rings (SSSR count). The van der Waals surface area contributed by atoms with Gasteiger partial charge < -0.3 is 10.1 Å². The maximum Gasteiger partial charge on any atom is 0.573 e. The maximum absolute atomic E-state index is 14.6. The molecule has 0 aromatic heterocycles. The Balaban J connectivity index is 2.01. The molecular weight excluding hydrogens is 382 g/mol. The number of nitro groups is 1. The maximum atomic E-state index is 14.6. The van der Waals surface area contributed by atoms with Crippen LogP contribution in [0.15, 0.2) is 42.5 Å². The van der Waals surface area contributed by atoms with Crippen molar-refractivity contribution in [2.75, 3.05) is 26.2 Å². The molecule has 0 unspecified atom stereocenters. The summed E-state index contributed by atoms with van der Waals surface area (Å²) >= 11 is 0. The topological polar surface area (TPSA) is 67.6 Å². The molecule has 0 bridgehead atoms. The van der Waals surface area contributed by atoms with Gasteiger partial charge >= 0.3 is 6.36 Å². The molecule has 1 aliphatic rings. The number of hydrogen-bond donors (Lipinski definition) is 1. The standard InChI is InChI=1S/C18H17F4N3O3/c19-16-6-3-13(25(26)27)11-15(16)17(24-9-7-23-8-10-24)12-1-4-14(5-2-12)28-18(20,21)22/h1-6,11,17,23H,7-10H2/t17-/m0/s1. The molecule has 0 amide bonds. The van der Waals surface area contributed by atoms with Crippen LogP contribution in [0.2, 0.25) is 0 Å². The van der Waals surface area contributed by atoms with Crippen LogP contribution in [0.5, 0.6) is 5.75 Å². The van der Waals surface area contributed by atoms with Crippen molar-refractivity contribution in [3.8, 4) is 5.75 Å². The summed E-state index contributed by atoms with van der Waals surface area (Å²) in [7, 11) is 0. The Labute approximate surface area is 157 Å². The lowest BCUT2D eigenvalue weighted by Gasteiger charge is -2.35. The lowest BCUT2D eigenvalue weighted by Crippen LogP contribution is -2.45. The number of non-ortho nitro benzene ring substituents is 1. The SMILES string of the molecule is O=[N+]([O-])c1ccc(F)c([C@H](c2ccc(OC(F)(F)F)cc2)N2CCNCC2)c1. The van der Waals surface area contributed by atoms with Crippen LogP contribution in [0.1, 0.15) is 17.2 Å². The van der Waals surface area contributed by atoms with Gasteiger partial charge in [-0.25, -0.2) is 4.39 Å². The van der Waals surface area contributed by atoms with E-state index in [9.17, 15) is 27.7 Å². The molecular formula is C18H17F4N3O3. The van der Waals surface area contributed by atoms with E-state index in [2.05, 4.69) is 10.1 Å². The van der Waals surface area contributed by atoms with Crippen LogP contribution in [-0.4, -0.2) is 42.4 Å². The normalized spacial score (nSPS) is 16.6. The fourth-order valence-corrected chi connectivity index (χ4v) is 3.23. The molecule has 28 heavy (non-hydrogen) atoms. The van der Waals surface area contributed by atoms with Crippen LogP contribution in [0, 0.1) is 15.9 Å². The second-order valence-corrected chi connectivity index (χ2v) is 6.27. The Hall–Kier alpha value is -2.72. The zero-order valence-corrected chi connectivity index (χ0v) is 14.6. The van der Waals surface area contributed by atoms with E-state index in [4.69, 9.17) is 0 Å². The molecule has 0 saturated carbocycles. The van der Waals surface area contributed by atoms with Gasteiger partial charge in [0.05, 0.1) is 11.0 Å². The third-order valence-electron chi connectivity index (χ3n) is 4.43. The number of benzene rings is 2. The van der Waals surface area contributed by atoms with Crippen LogP contribution in [0.25, 0.3) is 0 Å². The fourth-order valence-electron chi connectivity index (χ4n) is 3.23. The van der Waals surface area contributed by atoms with Gasteiger partial charge in [0.15, 0.2) is 0 Å². The highest BCUT2D eigenvalue weighted by molar-refractivity contribution is 5.42. The average Bonchev–Trinajstić information content (AvgIpc) is 2.64. The summed E-state index contributed by atoms with van der Waals surface area (Å²) in [6, 6.07) is 7.71. The lowest BCUT2D eigenvalue weighted by atomic mass is 9.95. The molecule has 1 heterocycles. The molecule has 0 radical (unpaired) electrons. The number of alkyl halides is 3. The number of hydrogen-bond acceptors (Lipinski definition) is 5. The van der Waals surface area contributed by atoms with E-state index in [0.717, 1.165) is 24.3 Å². The Bertz CT molecular complexity index is 837. The van der Waals surface area contributed by atoms with Gasteiger partial charge in [-0.1, -0.05) is 12.1 Å². The molecule has 10 heteroatoms.